The Morgan fingerprint density at radius 3 is 1.34 bits per heavy atom. The summed E-state index contributed by atoms with van der Waals surface area (Å²) in [5.74, 6) is 1.43. The Bertz CT molecular complexity index is 1320. The Hall–Kier alpha value is -4.71. The number of hydrogen-bond acceptors (Lipinski definition) is 10. The molecule has 11 nitrogen and oxygen atoms in total. The molecule has 0 unspecified atom stereocenters. The van der Waals surface area contributed by atoms with E-state index in [1.807, 2.05) is 0 Å². The van der Waals surface area contributed by atoms with Crippen molar-refractivity contribution in [2.75, 3.05) is 34.9 Å². The fraction of sp³-hybridized carbons (Fsp3) is 0.100. The molecule has 3 aromatic rings. The van der Waals surface area contributed by atoms with Crippen LogP contribution in [0.15, 0.2) is 111 Å². The average Bonchev–Trinajstić information content (AvgIpc) is 3.01. The van der Waals surface area contributed by atoms with Gasteiger partial charge in [0, 0.05) is 34.6 Å². The molecule has 0 heterocycles. The monoisotopic (exact) mass is 655 g/mol. The van der Waals surface area contributed by atoms with Crippen LogP contribution in [0.3, 0.4) is 0 Å². The maximum absolute atomic E-state index is 12.0. The Balaban J connectivity index is 1.76. The van der Waals surface area contributed by atoms with Crippen LogP contribution in [0.4, 0.5) is 31.4 Å². The topological polar surface area (TPSA) is 133 Å². The summed E-state index contributed by atoms with van der Waals surface area (Å²) in [4.78, 5) is 35.7. The first-order chi connectivity index (χ1) is 21.2. The molecule has 3 rings (SSSR count). The van der Waals surface area contributed by atoms with Crippen LogP contribution in [0, 0.1) is 0 Å². The van der Waals surface area contributed by atoms with Gasteiger partial charge in [0.1, 0.15) is 30.5 Å². The van der Waals surface area contributed by atoms with Crippen LogP contribution in [0.25, 0.3) is 0 Å². The van der Waals surface area contributed by atoms with Gasteiger partial charge in [0.05, 0.1) is 0 Å². The highest BCUT2D eigenvalue weighted by molar-refractivity contribution is 8.14. The number of thioether (sulfide) groups is 1. The standard InChI is InChI=1S/C30H30N3O8PS2/c1-4-19-37-28(34)31-22-7-13-25(14-8-22)39-42(43,40-26-15-9-23(10-16-26)32-29(35)38-20-5-2)41-27-17-11-24(12-18-27)33-30(36)44-21-6-3/h4-18H,1-3,19-21H2,(H,31,34)(H,32,35)(H,33,36). The second-order valence-corrected chi connectivity index (χ2v) is 12.1. The number of nitrogens with one attached hydrogen (secondary N) is 3. The van der Waals surface area contributed by atoms with Gasteiger partial charge in [-0.05, 0) is 72.8 Å². The molecular weight excluding hydrogens is 625 g/mol. The fourth-order valence-electron chi connectivity index (χ4n) is 3.11. The molecule has 14 heteroatoms. The zero-order chi connectivity index (χ0) is 31.8. The first kappa shape index (κ1) is 33.8. The largest absolute Gasteiger partial charge is 0.490 e. The number of hydrogen-bond donors (Lipinski definition) is 3. The molecule has 3 aromatic carbocycles. The summed E-state index contributed by atoms with van der Waals surface area (Å²) in [6.07, 6.45) is 3.28. The second kappa shape index (κ2) is 17.4. The molecule has 3 amide bonds. The molecular formula is C30H30N3O8PS2. The molecule has 0 saturated carbocycles. The quantitative estimate of drug-likeness (QED) is 0.108. The van der Waals surface area contributed by atoms with Crippen molar-refractivity contribution in [2.45, 2.75) is 0 Å². The zero-order valence-electron chi connectivity index (χ0n) is 23.4. The summed E-state index contributed by atoms with van der Waals surface area (Å²) in [6, 6.07) is 19.2. The normalized spacial score (nSPS) is 10.4. The summed E-state index contributed by atoms with van der Waals surface area (Å²) in [7, 11) is 0. The predicted octanol–water partition coefficient (Wildman–Crippen LogP) is 8.37. The average molecular weight is 656 g/mol. The zero-order valence-corrected chi connectivity index (χ0v) is 26.0. The van der Waals surface area contributed by atoms with Crippen LogP contribution in [-0.4, -0.2) is 36.4 Å². The molecule has 230 valence electrons. The predicted molar refractivity (Wildman–Crippen MR) is 178 cm³/mol. The molecule has 0 radical (unpaired) electrons. The van der Waals surface area contributed by atoms with Gasteiger partial charge in [-0.15, -0.1) is 6.58 Å². The van der Waals surface area contributed by atoms with Crippen LogP contribution in [0.2, 0.25) is 0 Å². The number of amides is 3. The molecule has 44 heavy (non-hydrogen) atoms. The van der Waals surface area contributed by atoms with Gasteiger partial charge in [0.2, 0.25) is 0 Å². The minimum atomic E-state index is -3.57. The molecule has 0 aliphatic heterocycles. The molecule has 0 fully saturated rings. The number of anilines is 3. The molecule has 0 saturated heterocycles. The molecule has 0 spiro atoms. The van der Waals surface area contributed by atoms with Gasteiger partial charge in [-0.25, -0.2) is 9.59 Å². The minimum Gasteiger partial charge on any atom is -0.445 e. The number of carbonyl (C=O) groups excluding carboxylic acids is 3. The molecule has 3 N–H and O–H groups in total. The summed E-state index contributed by atoms with van der Waals surface area (Å²) in [5.41, 5.74) is 1.47. The van der Waals surface area contributed by atoms with E-state index in [0.717, 1.165) is 11.8 Å². The van der Waals surface area contributed by atoms with Gasteiger partial charge in [-0.3, -0.25) is 15.4 Å². The first-order valence-electron chi connectivity index (χ1n) is 12.8. The minimum absolute atomic E-state index is 0.0721. The molecule has 0 aromatic heterocycles. The van der Waals surface area contributed by atoms with Crippen molar-refractivity contribution in [2.24, 2.45) is 0 Å². The van der Waals surface area contributed by atoms with E-state index >= 15 is 0 Å². The van der Waals surface area contributed by atoms with Gasteiger partial charge >= 0.3 is 18.9 Å². The molecule has 0 aliphatic rings. The molecule has 0 atom stereocenters. The van der Waals surface area contributed by atoms with E-state index in [9.17, 15) is 14.4 Å². The van der Waals surface area contributed by atoms with Gasteiger partial charge in [-0.2, -0.15) is 0 Å². The number of ether oxygens (including phenoxy) is 2. The molecule has 0 bridgehead atoms. The van der Waals surface area contributed by atoms with E-state index in [1.165, 1.54) is 12.2 Å². The maximum Gasteiger partial charge on any atom is 0.490 e. The lowest BCUT2D eigenvalue weighted by Crippen LogP contribution is -2.13. The highest BCUT2D eigenvalue weighted by Gasteiger charge is 2.27. The SMILES string of the molecule is C=CCOC(=O)Nc1ccc(OP(=S)(Oc2ccc(NC(=O)OCC=C)cc2)Oc2ccc(NC(=O)SCC=C)cc2)cc1. The van der Waals surface area contributed by atoms with E-state index in [2.05, 4.69) is 35.7 Å². The summed E-state index contributed by atoms with van der Waals surface area (Å²) >= 11 is 6.85. The van der Waals surface area contributed by atoms with Gasteiger partial charge in [0.25, 0.3) is 5.24 Å². The third-order valence-electron chi connectivity index (χ3n) is 4.95. The van der Waals surface area contributed by atoms with E-state index < -0.39 is 18.9 Å². The van der Waals surface area contributed by atoms with Crippen LogP contribution in [0.1, 0.15) is 0 Å². The Morgan fingerprint density at radius 2 is 1.00 bits per heavy atom. The maximum atomic E-state index is 12.0. The molecule has 0 aliphatic carbocycles. The summed E-state index contributed by atoms with van der Waals surface area (Å²) in [6.45, 7) is 7.17. The van der Waals surface area contributed by atoms with Crippen LogP contribution in [0.5, 0.6) is 17.2 Å². The van der Waals surface area contributed by atoms with Gasteiger partial charge < -0.3 is 28.4 Å². The lowest BCUT2D eigenvalue weighted by molar-refractivity contribution is 0.173. The van der Waals surface area contributed by atoms with Crippen molar-refractivity contribution in [3.8, 4) is 17.2 Å². The highest BCUT2D eigenvalue weighted by Crippen LogP contribution is 2.50. The highest BCUT2D eigenvalue weighted by atomic mass is 32.5. The number of carbonyl (C=O) groups is 3. The van der Waals surface area contributed by atoms with E-state index in [0.29, 0.717) is 40.1 Å². The van der Waals surface area contributed by atoms with Gasteiger partial charge in [0.15, 0.2) is 0 Å². The fourth-order valence-corrected chi connectivity index (χ4v) is 5.59. The first-order valence-corrected chi connectivity index (χ1v) is 16.4. The van der Waals surface area contributed by atoms with Crippen molar-refractivity contribution in [1.29, 1.82) is 0 Å². The third-order valence-corrected chi connectivity index (χ3v) is 7.69. The van der Waals surface area contributed by atoms with E-state index in [4.69, 9.17) is 34.9 Å². The lowest BCUT2D eigenvalue weighted by atomic mass is 10.3. The van der Waals surface area contributed by atoms with E-state index in [1.54, 1.807) is 78.9 Å². The van der Waals surface area contributed by atoms with Gasteiger partial charge in [-0.1, -0.05) is 43.1 Å². The van der Waals surface area contributed by atoms with Crippen molar-refractivity contribution in [3.05, 3.63) is 111 Å². The van der Waals surface area contributed by atoms with Crippen LogP contribution < -0.4 is 29.5 Å². The van der Waals surface area contributed by atoms with Crippen LogP contribution in [-0.2, 0) is 21.3 Å². The third kappa shape index (κ3) is 11.9. The van der Waals surface area contributed by atoms with Crippen molar-refractivity contribution in [3.63, 3.8) is 0 Å². The number of rotatable bonds is 15. The summed E-state index contributed by atoms with van der Waals surface area (Å²) < 4.78 is 28.0. The Kier molecular flexibility index (Phi) is 13.4. The smallest absolute Gasteiger partial charge is 0.445 e. The number of benzene rings is 3. The lowest BCUT2D eigenvalue weighted by Gasteiger charge is -2.23. The Labute approximate surface area is 264 Å². The van der Waals surface area contributed by atoms with Crippen LogP contribution >= 0.6 is 18.5 Å². The Morgan fingerprint density at radius 1 is 0.636 bits per heavy atom. The summed E-state index contributed by atoms with van der Waals surface area (Å²) in [5, 5.41) is 7.70. The van der Waals surface area contributed by atoms with Crippen molar-refractivity contribution in [1.82, 2.24) is 0 Å². The van der Waals surface area contributed by atoms with Crippen molar-refractivity contribution < 1.29 is 37.4 Å². The second-order valence-electron chi connectivity index (χ2n) is 8.33. The van der Waals surface area contributed by atoms with Crippen molar-refractivity contribution >= 4 is 64.8 Å². The van der Waals surface area contributed by atoms with E-state index in [-0.39, 0.29) is 18.5 Å².